The fraction of sp³-hybridized carbons (Fsp3) is 0.273. The Hall–Kier alpha value is -1.35. The zero-order valence-corrected chi connectivity index (χ0v) is 9.51. The molecule has 0 bridgehead atoms. The number of nitrogens with one attached hydrogen (secondary N) is 1. The Morgan fingerprint density at radius 3 is 2.87 bits per heavy atom. The number of aryl methyl sites for hydroxylation is 1. The molecular formula is C11H13ClN2O. The summed E-state index contributed by atoms with van der Waals surface area (Å²) in [5.41, 5.74) is 1.24. The molecule has 0 radical (unpaired) electrons. The molecule has 1 aromatic rings. The Labute approximate surface area is 94.2 Å². The molecule has 4 heteroatoms. The maximum Gasteiger partial charge on any atom is 0.251 e. The molecule has 15 heavy (non-hydrogen) atoms. The van der Waals surface area contributed by atoms with Crippen molar-refractivity contribution in [2.75, 3.05) is 0 Å². The van der Waals surface area contributed by atoms with Crippen molar-refractivity contribution in [3.8, 4) is 0 Å². The molecule has 1 N–H and O–H groups in total. The second-order valence-corrected chi connectivity index (χ2v) is 3.71. The summed E-state index contributed by atoms with van der Waals surface area (Å²) < 4.78 is 0. The SMILES string of the molecule is C=CC(C)NC(=O)c1cc(C)nc(Cl)c1. The summed E-state index contributed by atoms with van der Waals surface area (Å²) in [6, 6.07) is 3.17. The third-order valence-electron chi connectivity index (χ3n) is 1.90. The van der Waals surface area contributed by atoms with E-state index >= 15 is 0 Å². The van der Waals surface area contributed by atoms with Gasteiger partial charge >= 0.3 is 0 Å². The number of carbonyl (C=O) groups excluding carboxylic acids is 1. The highest BCUT2D eigenvalue weighted by atomic mass is 35.5. The summed E-state index contributed by atoms with van der Waals surface area (Å²) in [6.45, 7) is 7.23. The minimum Gasteiger partial charge on any atom is -0.346 e. The maximum absolute atomic E-state index is 11.7. The molecule has 0 aliphatic rings. The van der Waals surface area contributed by atoms with E-state index in [0.29, 0.717) is 10.7 Å². The standard InChI is InChI=1S/C11H13ClN2O/c1-4-7(2)14-11(15)9-5-8(3)13-10(12)6-9/h4-7H,1H2,2-3H3,(H,14,15). The summed E-state index contributed by atoms with van der Waals surface area (Å²) in [5, 5.41) is 3.08. The zero-order valence-electron chi connectivity index (χ0n) is 8.75. The summed E-state index contributed by atoms with van der Waals surface area (Å²) in [7, 11) is 0. The molecule has 0 aliphatic heterocycles. The van der Waals surface area contributed by atoms with E-state index in [2.05, 4.69) is 16.9 Å². The van der Waals surface area contributed by atoms with Crippen molar-refractivity contribution in [3.05, 3.63) is 41.2 Å². The number of amides is 1. The van der Waals surface area contributed by atoms with Gasteiger partial charge in [-0.1, -0.05) is 17.7 Å². The van der Waals surface area contributed by atoms with E-state index in [9.17, 15) is 4.79 Å². The summed E-state index contributed by atoms with van der Waals surface area (Å²) in [6.07, 6.45) is 1.66. The molecule has 3 nitrogen and oxygen atoms in total. The topological polar surface area (TPSA) is 42.0 Å². The summed E-state index contributed by atoms with van der Waals surface area (Å²) >= 11 is 5.75. The predicted molar refractivity (Wildman–Crippen MR) is 61.1 cm³/mol. The Morgan fingerprint density at radius 1 is 1.67 bits per heavy atom. The first kappa shape index (κ1) is 11.7. The molecule has 1 aromatic heterocycles. The molecule has 0 aliphatic carbocycles. The van der Waals surface area contributed by atoms with Gasteiger partial charge in [0.1, 0.15) is 5.15 Å². The van der Waals surface area contributed by atoms with Gasteiger partial charge in [-0.15, -0.1) is 6.58 Å². The van der Waals surface area contributed by atoms with Gasteiger partial charge in [-0.2, -0.15) is 0 Å². The van der Waals surface area contributed by atoms with E-state index < -0.39 is 0 Å². The molecule has 0 saturated carbocycles. The van der Waals surface area contributed by atoms with Crippen LogP contribution in [0, 0.1) is 6.92 Å². The first-order valence-corrected chi connectivity index (χ1v) is 4.98. The molecule has 1 amide bonds. The fourth-order valence-electron chi connectivity index (χ4n) is 1.11. The van der Waals surface area contributed by atoms with Crippen LogP contribution in [0.3, 0.4) is 0 Å². The highest BCUT2D eigenvalue weighted by molar-refractivity contribution is 6.29. The highest BCUT2D eigenvalue weighted by Crippen LogP contribution is 2.10. The van der Waals surface area contributed by atoms with Crippen LogP contribution in [0.2, 0.25) is 5.15 Å². The van der Waals surface area contributed by atoms with Gasteiger partial charge in [0.25, 0.3) is 5.91 Å². The Morgan fingerprint density at radius 2 is 2.33 bits per heavy atom. The molecule has 0 saturated heterocycles. The van der Waals surface area contributed by atoms with Gasteiger partial charge in [-0.3, -0.25) is 4.79 Å². The number of carbonyl (C=O) groups is 1. The van der Waals surface area contributed by atoms with Crippen molar-refractivity contribution in [1.82, 2.24) is 10.3 Å². The van der Waals surface area contributed by atoms with Crippen molar-refractivity contribution >= 4 is 17.5 Å². The molecular weight excluding hydrogens is 212 g/mol. The van der Waals surface area contributed by atoms with Gasteiger partial charge in [-0.05, 0) is 26.0 Å². The van der Waals surface area contributed by atoms with Gasteiger partial charge in [0, 0.05) is 17.3 Å². The highest BCUT2D eigenvalue weighted by Gasteiger charge is 2.09. The fourth-order valence-corrected chi connectivity index (χ4v) is 1.36. The Balaban J connectivity index is 2.86. The van der Waals surface area contributed by atoms with Gasteiger partial charge in [0.05, 0.1) is 0 Å². The van der Waals surface area contributed by atoms with Crippen molar-refractivity contribution in [2.24, 2.45) is 0 Å². The van der Waals surface area contributed by atoms with E-state index in [1.165, 1.54) is 0 Å². The lowest BCUT2D eigenvalue weighted by molar-refractivity contribution is 0.0947. The largest absolute Gasteiger partial charge is 0.346 e. The average Bonchev–Trinajstić information content (AvgIpc) is 2.16. The van der Waals surface area contributed by atoms with Crippen LogP contribution in [0.5, 0.6) is 0 Å². The van der Waals surface area contributed by atoms with Crippen LogP contribution >= 0.6 is 11.6 Å². The lowest BCUT2D eigenvalue weighted by Crippen LogP contribution is -2.30. The smallest absolute Gasteiger partial charge is 0.251 e. The number of nitrogens with zero attached hydrogens (tertiary/aromatic N) is 1. The third-order valence-corrected chi connectivity index (χ3v) is 2.09. The molecule has 1 heterocycles. The lowest BCUT2D eigenvalue weighted by Gasteiger charge is -2.09. The van der Waals surface area contributed by atoms with Gasteiger partial charge in [-0.25, -0.2) is 4.98 Å². The van der Waals surface area contributed by atoms with Crippen LogP contribution in [0.4, 0.5) is 0 Å². The molecule has 1 atom stereocenters. The Bertz CT molecular complexity index is 370. The lowest BCUT2D eigenvalue weighted by atomic mass is 10.2. The number of pyridine rings is 1. The second-order valence-electron chi connectivity index (χ2n) is 3.32. The van der Waals surface area contributed by atoms with Crippen molar-refractivity contribution in [1.29, 1.82) is 0 Å². The van der Waals surface area contributed by atoms with Crippen LogP contribution in [0.25, 0.3) is 0 Å². The minimum atomic E-state index is -0.171. The summed E-state index contributed by atoms with van der Waals surface area (Å²) in [4.78, 5) is 15.7. The third kappa shape index (κ3) is 3.36. The van der Waals surface area contributed by atoms with Gasteiger partial charge in [0.2, 0.25) is 0 Å². The molecule has 1 rings (SSSR count). The predicted octanol–water partition coefficient (Wildman–Crippen LogP) is 2.35. The first-order valence-electron chi connectivity index (χ1n) is 4.60. The summed E-state index contributed by atoms with van der Waals surface area (Å²) in [5.74, 6) is -0.171. The minimum absolute atomic E-state index is 0.0650. The van der Waals surface area contributed by atoms with Crippen LogP contribution in [-0.4, -0.2) is 16.9 Å². The van der Waals surface area contributed by atoms with Crippen molar-refractivity contribution in [3.63, 3.8) is 0 Å². The molecule has 0 aromatic carbocycles. The van der Waals surface area contributed by atoms with Crippen molar-refractivity contribution in [2.45, 2.75) is 19.9 Å². The zero-order chi connectivity index (χ0) is 11.4. The maximum atomic E-state index is 11.7. The monoisotopic (exact) mass is 224 g/mol. The number of hydrogen-bond donors (Lipinski definition) is 1. The van der Waals surface area contributed by atoms with Crippen LogP contribution in [0.1, 0.15) is 23.0 Å². The number of hydrogen-bond acceptors (Lipinski definition) is 2. The molecule has 0 fully saturated rings. The Kier molecular flexibility index (Phi) is 3.86. The normalized spacial score (nSPS) is 11.9. The van der Waals surface area contributed by atoms with E-state index in [0.717, 1.165) is 5.69 Å². The molecule has 0 spiro atoms. The van der Waals surface area contributed by atoms with E-state index in [4.69, 9.17) is 11.6 Å². The van der Waals surface area contributed by atoms with Crippen LogP contribution < -0.4 is 5.32 Å². The van der Waals surface area contributed by atoms with Crippen LogP contribution in [-0.2, 0) is 0 Å². The number of aromatic nitrogens is 1. The quantitative estimate of drug-likeness (QED) is 0.633. The molecule has 1 unspecified atom stereocenters. The van der Waals surface area contributed by atoms with Crippen molar-refractivity contribution < 1.29 is 4.79 Å². The second kappa shape index (κ2) is 4.94. The van der Waals surface area contributed by atoms with Gasteiger partial charge in [0.15, 0.2) is 0 Å². The van der Waals surface area contributed by atoms with E-state index in [-0.39, 0.29) is 11.9 Å². The van der Waals surface area contributed by atoms with Gasteiger partial charge < -0.3 is 5.32 Å². The first-order chi connectivity index (χ1) is 7.02. The number of halogens is 1. The number of rotatable bonds is 3. The van der Waals surface area contributed by atoms with Crippen LogP contribution in [0.15, 0.2) is 24.8 Å². The molecule has 80 valence electrons. The van der Waals surface area contributed by atoms with E-state index in [1.54, 1.807) is 25.1 Å². The van der Waals surface area contributed by atoms with E-state index in [1.807, 2.05) is 6.92 Å². The average molecular weight is 225 g/mol.